The Hall–Kier alpha value is -1.65. The predicted molar refractivity (Wildman–Crippen MR) is 75.9 cm³/mol. The lowest BCUT2D eigenvalue weighted by Crippen LogP contribution is -1.86. The summed E-state index contributed by atoms with van der Waals surface area (Å²) in [6.45, 7) is 0. The maximum atomic E-state index is 10.5. The monoisotopic (exact) mass is 279 g/mol. The first kappa shape index (κ1) is 12.8. The standard InChI is InChI=1S/C13H10ClNO2S/c14-9-13-8-7-12(18-13)6-3-10-1-4-11(5-2-10)15(16)17/h1-8H,9H2/b6-3+. The number of non-ortho nitro benzene ring substituents is 1. The lowest BCUT2D eigenvalue weighted by Gasteiger charge is -1.93. The van der Waals surface area contributed by atoms with Gasteiger partial charge in [0.2, 0.25) is 0 Å². The predicted octanol–water partition coefficient (Wildman–Crippen LogP) is 4.57. The number of benzene rings is 1. The number of hydrogen-bond acceptors (Lipinski definition) is 3. The molecule has 0 spiro atoms. The molecule has 2 aromatic rings. The Bertz CT molecular complexity index is 575. The molecule has 0 atom stereocenters. The van der Waals surface area contributed by atoms with Crippen molar-refractivity contribution in [3.63, 3.8) is 0 Å². The van der Waals surface area contributed by atoms with Crippen molar-refractivity contribution in [3.05, 3.63) is 61.8 Å². The molecule has 1 aromatic heterocycles. The van der Waals surface area contributed by atoms with Crippen LogP contribution in [0, 0.1) is 10.1 Å². The van der Waals surface area contributed by atoms with E-state index >= 15 is 0 Å². The van der Waals surface area contributed by atoms with Gasteiger partial charge in [0.25, 0.3) is 5.69 Å². The maximum Gasteiger partial charge on any atom is 0.269 e. The smallest absolute Gasteiger partial charge is 0.258 e. The fraction of sp³-hybridized carbons (Fsp3) is 0.0769. The highest BCUT2D eigenvalue weighted by Gasteiger charge is 2.02. The van der Waals surface area contributed by atoms with Gasteiger partial charge in [0.05, 0.1) is 10.8 Å². The molecule has 5 heteroatoms. The van der Waals surface area contributed by atoms with E-state index in [1.165, 1.54) is 12.1 Å². The largest absolute Gasteiger partial charge is 0.269 e. The summed E-state index contributed by atoms with van der Waals surface area (Å²) in [4.78, 5) is 12.3. The minimum absolute atomic E-state index is 0.104. The molecule has 0 bridgehead atoms. The molecule has 18 heavy (non-hydrogen) atoms. The van der Waals surface area contributed by atoms with Crippen molar-refractivity contribution >= 4 is 40.8 Å². The summed E-state index contributed by atoms with van der Waals surface area (Å²) in [5.41, 5.74) is 1.04. The number of nitro groups is 1. The first-order valence-electron chi connectivity index (χ1n) is 5.26. The van der Waals surface area contributed by atoms with Gasteiger partial charge in [0, 0.05) is 21.9 Å². The van der Waals surface area contributed by atoms with E-state index in [1.54, 1.807) is 23.5 Å². The minimum atomic E-state index is -0.403. The molecule has 0 saturated carbocycles. The number of halogens is 1. The maximum absolute atomic E-state index is 10.5. The lowest BCUT2D eigenvalue weighted by molar-refractivity contribution is -0.384. The zero-order chi connectivity index (χ0) is 13.0. The van der Waals surface area contributed by atoms with E-state index in [9.17, 15) is 10.1 Å². The second-order valence-electron chi connectivity index (χ2n) is 3.62. The molecule has 0 unspecified atom stereocenters. The normalized spacial score (nSPS) is 10.9. The lowest BCUT2D eigenvalue weighted by atomic mass is 10.2. The van der Waals surface area contributed by atoms with Crippen molar-refractivity contribution in [1.29, 1.82) is 0 Å². The highest BCUT2D eigenvalue weighted by molar-refractivity contribution is 7.13. The van der Waals surface area contributed by atoms with Crippen LogP contribution in [0.3, 0.4) is 0 Å². The molecular formula is C13H10ClNO2S. The Morgan fingerprint density at radius 2 is 1.89 bits per heavy atom. The average Bonchev–Trinajstić information content (AvgIpc) is 2.85. The summed E-state index contributed by atoms with van der Waals surface area (Å²) >= 11 is 7.36. The topological polar surface area (TPSA) is 43.1 Å². The Kier molecular flexibility index (Phi) is 4.12. The van der Waals surface area contributed by atoms with Crippen LogP contribution in [0.1, 0.15) is 15.3 Å². The van der Waals surface area contributed by atoms with E-state index in [0.717, 1.165) is 15.3 Å². The number of hydrogen-bond donors (Lipinski definition) is 0. The Balaban J connectivity index is 2.11. The van der Waals surface area contributed by atoms with Gasteiger partial charge in [-0.05, 0) is 35.9 Å². The van der Waals surface area contributed by atoms with Crippen LogP contribution >= 0.6 is 22.9 Å². The van der Waals surface area contributed by atoms with E-state index < -0.39 is 4.92 Å². The van der Waals surface area contributed by atoms with Crippen LogP contribution in [0.4, 0.5) is 5.69 Å². The molecule has 0 radical (unpaired) electrons. The van der Waals surface area contributed by atoms with Crippen LogP contribution in [0.5, 0.6) is 0 Å². The van der Waals surface area contributed by atoms with Gasteiger partial charge in [-0.2, -0.15) is 0 Å². The van der Waals surface area contributed by atoms with Crippen LogP contribution in [0.2, 0.25) is 0 Å². The van der Waals surface area contributed by atoms with Crippen LogP contribution in [0.25, 0.3) is 12.2 Å². The Labute approximate surface area is 113 Å². The van der Waals surface area contributed by atoms with Crippen molar-refractivity contribution < 1.29 is 4.92 Å². The molecule has 2 rings (SSSR count). The van der Waals surface area contributed by atoms with Crippen molar-refractivity contribution in [3.8, 4) is 0 Å². The van der Waals surface area contributed by atoms with Crippen LogP contribution in [-0.4, -0.2) is 4.92 Å². The zero-order valence-electron chi connectivity index (χ0n) is 9.38. The minimum Gasteiger partial charge on any atom is -0.258 e. The van der Waals surface area contributed by atoms with Gasteiger partial charge in [0.15, 0.2) is 0 Å². The molecule has 1 heterocycles. The summed E-state index contributed by atoms with van der Waals surface area (Å²) in [6, 6.07) is 10.4. The SMILES string of the molecule is O=[N+]([O-])c1ccc(/C=C/c2ccc(CCl)s2)cc1. The third-order valence-electron chi connectivity index (χ3n) is 2.36. The van der Waals surface area contributed by atoms with Crippen LogP contribution in [-0.2, 0) is 5.88 Å². The molecule has 0 fully saturated rings. The average molecular weight is 280 g/mol. The highest BCUT2D eigenvalue weighted by atomic mass is 35.5. The van der Waals surface area contributed by atoms with Crippen molar-refractivity contribution in [1.82, 2.24) is 0 Å². The number of thiophene rings is 1. The molecular weight excluding hydrogens is 270 g/mol. The van der Waals surface area contributed by atoms with E-state index in [0.29, 0.717) is 5.88 Å². The molecule has 3 nitrogen and oxygen atoms in total. The van der Waals surface area contributed by atoms with E-state index in [4.69, 9.17) is 11.6 Å². The van der Waals surface area contributed by atoms with Gasteiger partial charge in [-0.15, -0.1) is 22.9 Å². The van der Waals surface area contributed by atoms with Crippen molar-refractivity contribution in [2.24, 2.45) is 0 Å². The number of rotatable bonds is 4. The summed E-state index contributed by atoms with van der Waals surface area (Å²) in [5.74, 6) is 0.524. The number of nitrogens with zero attached hydrogens (tertiary/aromatic N) is 1. The molecule has 0 saturated heterocycles. The van der Waals surface area contributed by atoms with Gasteiger partial charge in [-0.3, -0.25) is 10.1 Å². The quantitative estimate of drug-likeness (QED) is 0.467. The summed E-state index contributed by atoms with van der Waals surface area (Å²) in [6.07, 6.45) is 3.90. The number of nitro benzene ring substituents is 1. The summed E-state index contributed by atoms with van der Waals surface area (Å²) < 4.78 is 0. The second-order valence-corrected chi connectivity index (χ2v) is 5.09. The third-order valence-corrected chi connectivity index (χ3v) is 3.85. The van der Waals surface area contributed by atoms with E-state index in [1.807, 2.05) is 24.3 Å². The summed E-state index contributed by atoms with van der Waals surface area (Å²) in [7, 11) is 0. The molecule has 0 amide bonds. The van der Waals surface area contributed by atoms with Crippen molar-refractivity contribution in [2.45, 2.75) is 5.88 Å². The zero-order valence-corrected chi connectivity index (χ0v) is 10.9. The van der Waals surface area contributed by atoms with Gasteiger partial charge < -0.3 is 0 Å². The second kappa shape index (κ2) is 5.80. The van der Waals surface area contributed by atoms with Gasteiger partial charge in [-0.25, -0.2) is 0 Å². The van der Waals surface area contributed by atoms with Gasteiger partial charge >= 0.3 is 0 Å². The van der Waals surface area contributed by atoms with Gasteiger partial charge in [-0.1, -0.05) is 6.08 Å². The van der Waals surface area contributed by atoms with E-state index in [2.05, 4.69) is 0 Å². The Morgan fingerprint density at radius 3 is 2.44 bits per heavy atom. The first-order chi connectivity index (χ1) is 8.69. The van der Waals surface area contributed by atoms with Gasteiger partial charge in [0.1, 0.15) is 0 Å². The molecule has 1 aromatic carbocycles. The molecule has 0 N–H and O–H groups in total. The van der Waals surface area contributed by atoms with Crippen LogP contribution in [0.15, 0.2) is 36.4 Å². The highest BCUT2D eigenvalue weighted by Crippen LogP contribution is 2.21. The molecule has 0 aliphatic carbocycles. The first-order valence-corrected chi connectivity index (χ1v) is 6.61. The van der Waals surface area contributed by atoms with E-state index in [-0.39, 0.29) is 5.69 Å². The fourth-order valence-corrected chi connectivity index (χ4v) is 2.46. The number of alkyl halides is 1. The molecule has 92 valence electrons. The third kappa shape index (κ3) is 3.18. The van der Waals surface area contributed by atoms with Crippen LogP contribution < -0.4 is 0 Å². The molecule has 0 aliphatic rings. The summed E-state index contributed by atoms with van der Waals surface area (Å²) in [5, 5.41) is 10.5. The Morgan fingerprint density at radius 1 is 1.17 bits per heavy atom. The molecule has 0 aliphatic heterocycles. The fourth-order valence-electron chi connectivity index (χ4n) is 1.44. The van der Waals surface area contributed by atoms with Crippen molar-refractivity contribution in [2.75, 3.05) is 0 Å².